The number of ether oxygens (including phenoxy) is 2. The number of methoxy groups -OCH3 is 2. The summed E-state index contributed by atoms with van der Waals surface area (Å²) in [6, 6.07) is 0. The normalized spacial score (nSPS) is 14.7. The molecule has 0 fully saturated rings. The zero-order valence-corrected chi connectivity index (χ0v) is 9.33. The van der Waals surface area contributed by atoms with Crippen molar-refractivity contribution in [1.82, 2.24) is 0 Å². The van der Waals surface area contributed by atoms with Gasteiger partial charge >= 0.3 is 18.1 Å². The molecule has 17 heavy (non-hydrogen) atoms. The van der Waals surface area contributed by atoms with Crippen molar-refractivity contribution in [3.05, 3.63) is 0 Å². The Morgan fingerprint density at radius 1 is 1.00 bits per heavy atom. The van der Waals surface area contributed by atoms with Gasteiger partial charge in [0.05, 0.1) is 14.2 Å². The van der Waals surface area contributed by atoms with Crippen molar-refractivity contribution in [3.63, 3.8) is 0 Å². The van der Waals surface area contributed by atoms with Gasteiger partial charge in [0.15, 0.2) is 5.78 Å². The average molecular weight is 256 g/mol. The third-order valence-electron chi connectivity index (χ3n) is 2.03. The number of alkyl halides is 3. The summed E-state index contributed by atoms with van der Waals surface area (Å²) in [5.74, 6) is -9.16. The second-order valence-electron chi connectivity index (χ2n) is 3.15. The van der Waals surface area contributed by atoms with Crippen molar-refractivity contribution >= 4 is 17.7 Å². The van der Waals surface area contributed by atoms with Gasteiger partial charge in [0.1, 0.15) is 5.92 Å². The van der Waals surface area contributed by atoms with E-state index in [1.165, 1.54) is 0 Å². The largest absolute Gasteiger partial charge is 0.468 e. The molecule has 2 atom stereocenters. The van der Waals surface area contributed by atoms with Crippen LogP contribution in [0.25, 0.3) is 0 Å². The van der Waals surface area contributed by atoms with Gasteiger partial charge in [-0.05, 0) is 6.92 Å². The lowest BCUT2D eigenvalue weighted by Gasteiger charge is -2.19. The minimum atomic E-state index is -5.10. The van der Waals surface area contributed by atoms with Crippen LogP contribution in [-0.4, -0.2) is 38.1 Å². The van der Waals surface area contributed by atoms with Crippen LogP contribution in [0.3, 0.4) is 0 Å². The highest BCUT2D eigenvalue weighted by molar-refractivity contribution is 6.08. The molecule has 0 aliphatic heterocycles. The van der Waals surface area contributed by atoms with E-state index >= 15 is 0 Å². The quantitative estimate of drug-likeness (QED) is 0.547. The molecule has 0 amide bonds. The predicted octanol–water partition coefficient (Wildman–Crippen LogP) is 0.716. The van der Waals surface area contributed by atoms with Gasteiger partial charge in [-0.1, -0.05) is 0 Å². The Labute approximate surface area is 94.9 Å². The highest BCUT2D eigenvalue weighted by Gasteiger charge is 2.53. The molecular formula is C9H11F3O5. The second-order valence-corrected chi connectivity index (χ2v) is 3.15. The van der Waals surface area contributed by atoms with Gasteiger partial charge in [0.2, 0.25) is 5.92 Å². The summed E-state index contributed by atoms with van der Waals surface area (Å²) in [5.41, 5.74) is 0. The predicted molar refractivity (Wildman–Crippen MR) is 47.7 cm³/mol. The highest BCUT2D eigenvalue weighted by atomic mass is 19.4. The maximum atomic E-state index is 12.5. The molecule has 0 rings (SSSR count). The van der Waals surface area contributed by atoms with Crippen LogP contribution in [0.4, 0.5) is 13.2 Å². The Morgan fingerprint density at radius 2 is 1.41 bits per heavy atom. The lowest BCUT2D eigenvalue weighted by molar-refractivity contribution is -0.198. The number of halogens is 3. The number of hydrogen-bond acceptors (Lipinski definition) is 5. The zero-order valence-electron chi connectivity index (χ0n) is 9.33. The van der Waals surface area contributed by atoms with Crippen LogP contribution in [-0.2, 0) is 23.9 Å². The SMILES string of the molecule is COC(=O)C(C)C(=O)C(C(=O)OC)C(F)(F)F. The van der Waals surface area contributed by atoms with Crippen molar-refractivity contribution in [1.29, 1.82) is 0 Å². The maximum absolute atomic E-state index is 12.5. The Balaban J connectivity index is 5.15. The van der Waals surface area contributed by atoms with Crippen LogP contribution >= 0.6 is 0 Å². The fraction of sp³-hybridized carbons (Fsp3) is 0.667. The first-order valence-corrected chi connectivity index (χ1v) is 4.42. The molecule has 0 aromatic carbocycles. The Kier molecular flexibility index (Phi) is 5.11. The van der Waals surface area contributed by atoms with E-state index in [2.05, 4.69) is 9.47 Å². The first-order chi connectivity index (χ1) is 7.66. The number of Topliss-reactive ketones (excluding diaryl/α,β-unsaturated/α-hetero) is 1. The second kappa shape index (κ2) is 5.65. The molecule has 0 aliphatic carbocycles. The lowest BCUT2D eigenvalue weighted by atomic mass is 9.93. The molecule has 0 saturated heterocycles. The molecule has 0 aliphatic rings. The molecule has 2 unspecified atom stereocenters. The van der Waals surface area contributed by atoms with Gasteiger partial charge in [-0.15, -0.1) is 0 Å². The molecule has 0 heterocycles. The van der Waals surface area contributed by atoms with Crippen LogP contribution in [0.5, 0.6) is 0 Å². The van der Waals surface area contributed by atoms with E-state index in [-0.39, 0.29) is 0 Å². The third-order valence-corrected chi connectivity index (χ3v) is 2.03. The van der Waals surface area contributed by atoms with E-state index in [0.717, 1.165) is 21.1 Å². The number of carbonyl (C=O) groups excluding carboxylic acids is 3. The van der Waals surface area contributed by atoms with E-state index in [4.69, 9.17) is 0 Å². The summed E-state index contributed by atoms with van der Waals surface area (Å²) in [6.07, 6.45) is -5.10. The van der Waals surface area contributed by atoms with E-state index in [1.807, 2.05) is 0 Å². The standard InChI is InChI=1S/C9H11F3O5/c1-4(7(14)16-2)6(13)5(8(15)17-3)9(10,11)12/h4-5H,1-3H3. The fourth-order valence-electron chi connectivity index (χ4n) is 1.07. The van der Waals surface area contributed by atoms with Crippen LogP contribution < -0.4 is 0 Å². The minimum absolute atomic E-state index is 0.719. The minimum Gasteiger partial charge on any atom is -0.468 e. The molecule has 8 heteroatoms. The summed E-state index contributed by atoms with van der Waals surface area (Å²) in [6.45, 7) is 0.926. The van der Waals surface area contributed by atoms with Crippen LogP contribution in [0.15, 0.2) is 0 Å². The van der Waals surface area contributed by atoms with Gasteiger partial charge in [-0.3, -0.25) is 14.4 Å². The average Bonchev–Trinajstić information content (AvgIpc) is 2.24. The lowest BCUT2D eigenvalue weighted by Crippen LogP contribution is -2.42. The summed E-state index contributed by atoms with van der Waals surface area (Å²) in [5, 5.41) is 0. The van der Waals surface area contributed by atoms with Crippen molar-refractivity contribution in [2.45, 2.75) is 13.1 Å². The Hall–Kier alpha value is -1.60. The monoisotopic (exact) mass is 256 g/mol. The maximum Gasteiger partial charge on any atom is 0.409 e. The van der Waals surface area contributed by atoms with Gasteiger partial charge in [0, 0.05) is 0 Å². The van der Waals surface area contributed by atoms with E-state index in [0.29, 0.717) is 0 Å². The number of esters is 2. The Morgan fingerprint density at radius 3 is 1.71 bits per heavy atom. The van der Waals surface area contributed by atoms with Crippen molar-refractivity contribution in [2.24, 2.45) is 11.8 Å². The van der Waals surface area contributed by atoms with Gasteiger partial charge in [-0.2, -0.15) is 13.2 Å². The molecule has 0 radical (unpaired) electrons. The summed E-state index contributed by atoms with van der Waals surface area (Å²) < 4.78 is 45.4. The summed E-state index contributed by atoms with van der Waals surface area (Å²) >= 11 is 0. The first kappa shape index (κ1) is 15.4. The van der Waals surface area contributed by atoms with E-state index in [1.54, 1.807) is 0 Å². The molecular weight excluding hydrogens is 245 g/mol. The molecule has 0 spiro atoms. The number of ketones is 1. The van der Waals surface area contributed by atoms with E-state index < -0.39 is 35.7 Å². The molecule has 5 nitrogen and oxygen atoms in total. The van der Waals surface area contributed by atoms with Crippen molar-refractivity contribution < 1.29 is 37.0 Å². The number of carbonyl (C=O) groups is 3. The molecule has 0 bridgehead atoms. The highest BCUT2D eigenvalue weighted by Crippen LogP contribution is 2.30. The summed E-state index contributed by atoms with van der Waals surface area (Å²) in [7, 11) is 1.64. The van der Waals surface area contributed by atoms with Crippen molar-refractivity contribution in [3.8, 4) is 0 Å². The molecule has 0 saturated carbocycles. The van der Waals surface area contributed by atoms with Gasteiger partial charge < -0.3 is 9.47 Å². The zero-order chi connectivity index (χ0) is 13.8. The molecule has 98 valence electrons. The number of hydrogen-bond donors (Lipinski definition) is 0. The molecule has 0 N–H and O–H groups in total. The van der Waals surface area contributed by atoms with Crippen LogP contribution in [0.2, 0.25) is 0 Å². The number of rotatable bonds is 4. The van der Waals surface area contributed by atoms with Gasteiger partial charge in [0.25, 0.3) is 0 Å². The first-order valence-electron chi connectivity index (χ1n) is 4.42. The van der Waals surface area contributed by atoms with Crippen LogP contribution in [0.1, 0.15) is 6.92 Å². The molecule has 0 aromatic heterocycles. The van der Waals surface area contributed by atoms with Gasteiger partial charge in [-0.25, -0.2) is 0 Å². The van der Waals surface area contributed by atoms with Crippen LogP contribution in [0, 0.1) is 11.8 Å². The molecule has 0 aromatic rings. The smallest absolute Gasteiger partial charge is 0.409 e. The third kappa shape index (κ3) is 3.72. The fourth-order valence-corrected chi connectivity index (χ4v) is 1.07. The topological polar surface area (TPSA) is 69.7 Å². The Bertz CT molecular complexity index is 323. The summed E-state index contributed by atoms with van der Waals surface area (Å²) in [4.78, 5) is 33.2. The van der Waals surface area contributed by atoms with Crippen molar-refractivity contribution in [2.75, 3.05) is 14.2 Å². The van der Waals surface area contributed by atoms with E-state index in [9.17, 15) is 27.6 Å².